The average Bonchev–Trinajstić information content (AvgIpc) is 3.83. The number of hydrogen-bond donors (Lipinski definition) is 1. The van der Waals surface area contributed by atoms with E-state index < -0.39 is 46.8 Å². The lowest BCUT2D eigenvalue weighted by Gasteiger charge is -2.49. The third-order valence-corrected chi connectivity index (χ3v) is 14.0. The van der Waals surface area contributed by atoms with E-state index in [4.69, 9.17) is 33.0 Å². The molecule has 4 aliphatic rings. The lowest BCUT2D eigenvalue weighted by Crippen LogP contribution is -2.49. The number of fused-ring (bicyclic) bond motifs is 5. The quantitative estimate of drug-likeness (QED) is 0.135. The van der Waals surface area contributed by atoms with Crippen LogP contribution < -0.4 is 14.5 Å². The number of imide groups is 2. The lowest BCUT2D eigenvalue weighted by molar-refractivity contribution is -0.131. The van der Waals surface area contributed by atoms with E-state index in [0.29, 0.717) is 39.4 Å². The van der Waals surface area contributed by atoms with Gasteiger partial charge in [0.1, 0.15) is 11.5 Å². The number of hydrogen-bond acceptors (Lipinski definition) is 8. The number of aromatic hydroxyl groups is 1. The van der Waals surface area contributed by atoms with Gasteiger partial charge in [-0.15, -0.1) is 11.3 Å². The molecule has 2 saturated heterocycles. The van der Waals surface area contributed by atoms with Crippen molar-refractivity contribution in [1.29, 1.82) is 0 Å². The maximum atomic E-state index is 15.2. The molecule has 0 unspecified atom stereocenters. The van der Waals surface area contributed by atoms with Crippen molar-refractivity contribution in [2.75, 3.05) is 16.4 Å². The molecule has 1 saturated carbocycles. The third kappa shape index (κ3) is 5.09. The first-order valence-corrected chi connectivity index (χ1v) is 19.8. The second-order valence-corrected chi connectivity index (χ2v) is 16.9. The molecule has 3 aromatic carbocycles. The van der Waals surface area contributed by atoms with Crippen LogP contribution in [0.25, 0.3) is 20.7 Å². The van der Waals surface area contributed by atoms with Crippen LogP contribution in [-0.4, -0.2) is 45.1 Å². The van der Waals surface area contributed by atoms with Crippen molar-refractivity contribution in [1.82, 2.24) is 9.78 Å². The molecule has 9 rings (SSSR count). The van der Waals surface area contributed by atoms with Crippen LogP contribution in [0.3, 0.4) is 0 Å². The molecule has 4 heterocycles. The number of nitrogens with zero attached hydrogens (tertiary/aromatic N) is 4. The van der Waals surface area contributed by atoms with Gasteiger partial charge in [0, 0.05) is 39.3 Å². The minimum absolute atomic E-state index is 0.128. The summed E-state index contributed by atoms with van der Waals surface area (Å²) in [5.74, 6) is -4.74. The Labute approximate surface area is 330 Å². The molecule has 3 fully saturated rings. The second kappa shape index (κ2) is 12.8. The van der Waals surface area contributed by atoms with Crippen LogP contribution in [0.15, 0.2) is 78.4 Å². The molecule has 0 spiro atoms. The molecule has 1 N–H and O–H groups in total. The maximum absolute atomic E-state index is 15.2. The summed E-state index contributed by atoms with van der Waals surface area (Å²) in [6, 6.07) is 19.2. The predicted octanol–water partition coefficient (Wildman–Crippen LogP) is 8.46. The number of para-hydroxylation sites is 1. The van der Waals surface area contributed by atoms with Crippen molar-refractivity contribution in [3.05, 3.63) is 99.6 Å². The van der Waals surface area contributed by atoms with Crippen molar-refractivity contribution >= 4 is 79.8 Å². The van der Waals surface area contributed by atoms with Gasteiger partial charge in [-0.3, -0.25) is 28.8 Å². The Morgan fingerprint density at radius 1 is 0.945 bits per heavy atom. The number of phenols is 1. The number of halogens is 2. The summed E-state index contributed by atoms with van der Waals surface area (Å²) in [4.78, 5) is 61.9. The van der Waals surface area contributed by atoms with Crippen molar-refractivity contribution in [3.63, 3.8) is 0 Å². The molecule has 0 radical (unpaired) electrons. The van der Waals surface area contributed by atoms with E-state index in [2.05, 4.69) is 0 Å². The van der Waals surface area contributed by atoms with Crippen molar-refractivity contribution < 1.29 is 29.0 Å². The number of aryl methyl sites for hydroxylation is 2. The second-order valence-electron chi connectivity index (χ2n) is 15.0. The first kappa shape index (κ1) is 35.7. The molecule has 5 aromatic rings. The number of rotatable bonds is 6. The van der Waals surface area contributed by atoms with Crippen LogP contribution in [0.5, 0.6) is 11.5 Å². The number of ether oxygens (including phenoxy) is 1. The zero-order valence-electron chi connectivity index (χ0n) is 30.4. The van der Waals surface area contributed by atoms with Gasteiger partial charge in [-0.25, -0.2) is 4.90 Å². The Balaban J connectivity index is 1.17. The van der Waals surface area contributed by atoms with Crippen LogP contribution >= 0.6 is 34.5 Å². The van der Waals surface area contributed by atoms with Gasteiger partial charge in [-0.05, 0) is 99.0 Å². The number of anilines is 2. The Kier molecular flexibility index (Phi) is 8.31. The standard InChI is InChI=1S/C42H36Cl2N4O6S/c1-5-54-31-8-6-7-26(36(31)49)35-24-14-15-25-34(40(52)47(38(25)50)23-12-9-21(43)10-13-23)28(24)18-29-39(51)48(41(53)42(29,35)3)33-19-30(45-46(33)4)37-20(2)27-17-22(44)11-16-32(27)55-37/h6-14,16-17,19,25,28-29,34-35,49H,5,15,18H2,1-4H3/t25-,28+,29-,34-,35+,42+/m0/s1. The van der Waals surface area contributed by atoms with E-state index in [0.717, 1.165) is 26.1 Å². The van der Waals surface area contributed by atoms with Crippen molar-refractivity contribution in [2.24, 2.45) is 36.1 Å². The van der Waals surface area contributed by atoms with E-state index in [1.165, 1.54) is 9.80 Å². The smallest absolute Gasteiger partial charge is 0.242 e. The molecule has 2 aliphatic carbocycles. The summed E-state index contributed by atoms with van der Waals surface area (Å²) in [5, 5.41) is 18.7. The third-order valence-electron chi connectivity index (χ3n) is 12.2. The molecule has 0 bridgehead atoms. The normalized spacial score (nSPS) is 26.1. The number of phenolic OH excluding ortho intramolecular Hbond substituents is 1. The van der Waals surface area contributed by atoms with E-state index in [1.807, 2.05) is 38.1 Å². The summed E-state index contributed by atoms with van der Waals surface area (Å²) < 4.78 is 8.38. The van der Waals surface area contributed by atoms with Crippen LogP contribution in [0.2, 0.25) is 10.0 Å². The van der Waals surface area contributed by atoms with Crippen LogP contribution in [0, 0.1) is 36.0 Å². The summed E-state index contributed by atoms with van der Waals surface area (Å²) in [5.41, 5.74) is 1.85. The van der Waals surface area contributed by atoms with E-state index in [1.54, 1.807) is 78.5 Å². The largest absolute Gasteiger partial charge is 0.504 e. The topological polar surface area (TPSA) is 122 Å². The summed E-state index contributed by atoms with van der Waals surface area (Å²) in [6.07, 6.45) is 2.40. The number of benzene rings is 3. The zero-order chi connectivity index (χ0) is 38.7. The highest BCUT2D eigenvalue weighted by atomic mass is 35.5. The van der Waals surface area contributed by atoms with Crippen molar-refractivity contribution in [2.45, 2.75) is 39.5 Å². The number of aromatic nitrogens is 2. The van der Waals surface area contributed by atoms with Crippen LogP contribution in [0.1, 0.15) is 43.7 Å². The van der Waals surface area contributed by atoms with Gasteiger partial charge in [-0.1, -0.05) is 47.0 Å². The van der Waals surface area contributed by atoms with E-state index in [-0.39, 0.29) is 36.2 Å². The Morgan fingerprint density at radius 2 is 1.69 bits per heavy atom. The van der Waals surface area contributed by atoms with Gasteiger partial charge >= 0.3 is 0 Å². The van der Waals surface area contributed by atoms with Gasteiger partial charge in [-0.2, -0.15) is 5.10 Å². The van der Waals surface area contributed by atoms with Gasteiger partial charge in [0.25, 0.3) is 0 Å². The van der Waals surface area contributed by atoms with Gasteiger partial charge < -0.3 is 9.84 Å². The summed E-state index contributed by atoms with van der Waals surface area (Å²) in [7, 11) is 1.71. The summed E-state index contributed by atoms with van der Waals surface area (Å²) in [6.45, 7) is 5.90. The Hall–Kier alpha value is -4.97. The molecule has 10 nitrogen and oxygen atoms in total. The SMILES string of the molecule is CCOc1cccc([C@H]2C3=CC[C@@H]4C(=O)N(c5ccc(Cl)cc5)C(=O)[C@@H]4[C@@H]3C[C@H]3C(=O)N(c4cc(-c5sc6ccc(Cl)cc6c5C)nn4C)C(=O)[C@@]23C)c1O. The number of thiophene rings is 1. The summed E-state index contributed by atoms with van der Waals surface area (Å²) >= 11 is 14.0. The molecule has 2 aliphatic heterocycles. The first-order chi connectivity index (χ1) is 26.3. The molecule has 55 heavy (non-hydrogen) atoms. The average molecular weight is 796 g/mol. The predicted molar refractivity (Wildman–Crippen MR) is 212 cm³/mol. The highest BCUT2D eigenvalue weighted by Crippen LogP contribution is 2.65. The minimum atomic E-state index is -1.37. The molecule has 280 valence electrons. The molecule has 6 atom stereocenters. The van der Waals surface area contributed by atoms with Crippen molar-refractivity contribution in [3.8, 4) is 22.1 Å². The fourth-order valence-electron chi connectivity index (χ4n) is 9.68. The molecular formula is C42H36Cl2N4O6S. The zero-order valence-corrected chi connectivity index (χ0v) is 32.7. The minimum Gasteiger partial charge on any atom is -0.504 e. The molecule has 4 amide bonds. The number of carbonyl (C=O) groups is 4. The number of carbonyl (C=O) groups excluding carboxylic acids is 4. The monoisotopic (exact) mass is 794 g/mol. The Morgan fingerprint density at radius 3 is 2.44 bits per heavy atom. The van der Waals surface area contributed by atoms with Gasteiger partial charge in [0.15, 0.2) is 11.5 Å². The van der Waals surface area contributed by atoms with E-state index >= 15 is 4.79 Å². The lowest BCUT2D eigenvalue weighted by atomic mass is 9.51. The molecular weight excluding hydrogens is 759 g/mol. The molecule has 13 heteroatoms. The van der Waals surface area contributed by atoms with Gasteiger partial charge in [0.05, 0.1) is 40.3 Å². The highest BCUT2D eigenvalue weighted by Gasteiger charge is 2.68. The number of allylic oxidation sites excluding steroid dienone is 2. The maximum Gasteiger partial charge on any atom is 0.242 e. The van der Waals surface area contributed by atoms with Gasteiger partial charge in [0.2, 0.25) is 23.6 Å². The fourth-order valence-corrected chi connectivity index (χ4v) is 11.1. The number of amides is 4. The van der Waals surface area contributed by atoms with Crippen LogP contribution in [0.4, 0.5) is 11.5 Å². The van der Waals surface area contributed by atoms with Crippen LogP contribution in [-0.2, 0) is 26.2 Å². The first-order valence-electron chi connectivity index (χ1n) is 18.2. The molecule has 2 aromatic heterocycles. The fraction of sp³-hybridized carbons (Fsp3) is 0.310. The Bertz CT molecular complexity index is 2530. The highest BCUT2D eigenvalue weighted by molar-refractivity contribution is 7.22. The van der Waals surface area contributed by atoms with E-state index in [9.17, 15) is 19.5 Å².